The number of benzene rings is 1. The average Bonchev–Trinajstić information content (AvgIpc) is 3.49. The molecule has 142 valence electrons. The number of thiophene rings is 1. The van der Waals surface area contributed by atoms with Crippen LogP contribution in [-0.2, 0) is 13.1 Å². The van der Waals surface area contributed by atoms with Crippen LogP contribution >= 0.6 is 11.3 Å². The summed E-state index contributed by atoms with van der Waals surface area (Å²) in [4.78, 5) is 15.3. The van der Waals surface area contributed by atoms with Gasteiger partial charge >= 0.3 is 0 Å². The SMILES string of the molecule is COc1ccccc1-c1cc(CN(Cc2ccco2)C(=O)c2cccs2)no1. The molecule has 7 heteroatoms. The largest absolute Gasteiger partial charge is 0.496 e. The Balaban J connectivity index is 1.58. The highest BCUT2D eigenvalue weighted by Gasteiger charge is 2.21. The molecule has 0 aliphatic carbocycles. The molecule has 0 unspecified atom stereocenters. The third-order valence-corrected chi connectivity index (χ3v) is 5.09. The Bertz CT molecular complexity index is 1040. The van der Waals surface area contributed by atoms with E-state index in [1.165, 1.54) is 11.3 Å². The molecule has 0 saturated heterocycles. The predicted molar refractivity (Wildman–Crippen MR) is 105 cm³/mol. The van der Waals surface area contributed by atoms with Crippen LogP contribution in [0.1, 0.15) is 21.1 Å². The minimum atomic E-state index is -0.0757. The summed E-state index contributed by atoms with van der Waals surface area (Å²) in [6.45, 7) is 0.649. The Hall–Kier alpha value is -3.32. The molecular weight excluding hydrogens is 376 g/mol. The highest BCUT2D eigenvalue weighted by Crippen LogP contribution is 2.30. The van der Waals surface area contributed by atoms with E-state index in [2.05, 4.69) is 5.16 Å². The fourth-order valence-corrected chi connectivity index (χ4v) is 3.59. The van der Waals surface area contributed by atoms with Crippen molar-refractivity contribution in [2.24, 2.45) is 0 Å². The first-order valence-electron chi connectivity index (χ1n) is 8.69. The number of nitrogens with zero attached hydrogens (tertiary/aromatic N) is 2. The highest BCUT2D eigenvalue weighted by atomic mass is 32.1. The molecule has 0 bridgehead atoms. The minimum absolute atomic E-state index is 0.0757. The number of para-hydroxylation sites is 1. The van der Waals surface area contributed by atoms with E-state index in [4.69, 9.17) is 13.7 Å². The number of carbonyl (C=O) groups is 1. The van der Waals surface area contributed by atoms with E-state index in [1.807, 2.05) is 53.9 Å². The van der Waals surface area contributed by atoms with Gasteiger partial charge in [-0.3, -0.25) is 4.79 Å². The van der Waals surface area contributed by atoms with Crippen molar-refractivity contribution in [1.82, 2.24) is 10.1 Å². The van der Waals surface area contributed by atoms with Gasteiger partial charge in [-0.2, -0.15) is 0 Å². The van der Waals surface area contributed by atoms with Crippen LogP contribution in [0.4, 0.5) is 0 Å². The normalized spacial score (nSPS) is 10.8. The topological polar surface area (TPSA) is 68.7 Å². The Morgan fingerprint density at radius 2 is 2.04 bits per heavy atom. The number of hydrogen-bond acceptors (Lipinski definition) is 6. The van der Waals surface area contributed by atoms with Crippen LogP contribution in [0.15, 0.2) is 75.2 Å². The summed E-state index contributed by atoms with van der Waals surface area (Å²) in [5.41, 5.74) is 1.46. The zero-order chi connectivity index (χ0) is 19.3. The van der Waals surface area contributed by atoms with Crippen LogP contribution in [0.3, 0.4) is 0 Å². The second kappa shape index (κ2) is 8.14. The van der Waals surface area contributed by atoms with E-state index < -0.39 is 0 Å². The number of carbonyl (C=O) groups excluding carboxylic acids is 1. The zero-order valence-electron chi connectivity index (χ0n) is 15.2. The van der Waals surface area contributed by atoms with Gasteiger partial charge in [-0.15, -0.1) is 11.3 Å². The van der Waals surface area contributed by atoms with Crippen molar-refractivity contribution in [3.63, 3.8) is 0 Å². The van der Waals surface area contributed by atoms with Gasteiger partial charge in [0.2, 0.25) is 0 Å². The maximum absolute atomic E-state index is 12.9. The maximum Gasteiger partial charge on any atom is 0.264 e. The van der Waals surface area contributed by atoms with Gasteiger partial charge in [0.15, 0.2) is 5.76 Å². The lowest BCUT2D eigenvalue weighted by atomic mass is 10.1. The Morgan fingerprint density at radius 3 is 2.79 bits per heavy atom. The highest BCUT2D eigenvalue weighted by molar-refractivity contribution is 7.12. The fourth-order valence-electron chi connectivity index (χ4n) is 2.90. The first kappa shape index (κ1) is 18.1. The molecule has 1 amide bonds. The fraction of sp³-hybridized carbons (Fsp3) is 0.143. The lowest BCUT2D eigenvalue weighted by Crippen LogP contribution is -2.29. The van der Waals surface area contributed by atoms with Gasteiger partial charge in [0.05, 0.1) is 36.9 Å². The number of aromatic nitrogens is 1. The van der Waals surface area contributed by atoms with Crippen molar-refractivity contribution >= 4 is 17.2 Å². The standard InChI is InChI=1S/C21H18N2O4S/c1-25-18-8-3-2-7-17(18)19-12-15(22-27-19)13-23(14-16-6-4-10-26-16)21(24)20-9-5-11-28-20/h2-12H,13-14H2,1H3. The minimum Gasteiger partial charge on any atom is -0.496 e. The van der Waals surface area contributed by atoms with Crippen LogP contribution in [0.5, 0.6) is 5.75 Å². The van der Waals surface area contributed by atoms with Crippen molar-refractivity contribution in [2.75, 3.05) is 7.11 Å². The second-order valence-corrected chi connectivity index (χ2v) is 7.05. The summed E-state index contributed by atoms with van der Waals surface area (Å²) in [5.74, 6) is 1.92. The van der Waals surface area contributed by atoms with Gasteiger partial charge in [-0.25, -0.2) is 0 Å². The van der Waals surface area contributed by atoms with E-state index in [0.717, 1.165) is 5.56 Å². The lowest BCUT2D eigenvalue weighted by molar-refractivity contribution is 0.0718. The van der Waals surface area contributed by atoms with Crippen LogP contribution in [0, 0.1) is 0 Å². The van der Waals surface area contributed by atoms with Crippen molar-refractivity contribution in [2.45, 2.75) is 13.1 Å². The van der Waals surface area contributed by atoms with E-state index in [-0.39, 0.29) is 5.91 Å². The molecule has 0 saturated carbocycles. The number of ether oxygens (including phenoxy) is 1. The number of furan rings is 1. The number of amides is 1. The van der Waals surface area contributed by atoms with Crippen molar-refractivity contribution in [1.29, 1.82) is 0 Å². The molecule has 6 nitrogen and oxygen atoms in total. The van der Waals surface area contributed by atoms with Gasteiger partial charge in [0.1, 0.15) is 17.2 Å². The van der Waals surface area contributed by atoms with Gasteiger partial charge in [0.25, 0.3) is 5.91 Å². The molecule has 4 aromatic rings. The second-order valence-electron chi connectivity index (χ2n) is 6.10. The zero-order valence-corrected chi connectivity index (χ0v) is 16.0. The molecule has 0 fully saturated rings. The Labute approximate surface area is 165 Å². The monoisotopic (exact) mass is 394 g/mol. The summed E-state index contributed by atoms with van der Waals surface area (Å²) >= 11 is 1.41. The van der Waals surface area contributed by atoms with Crippen LogP contribution in [0.25, 0.3) is 11.3 Å². The Kier molecular flexibility index (Phi) is 5.25. The average molecular weight is 394 g/mol. The van der Waals surface area contributed by atoms with Gasteiger partial charge in [-0.1, -0.05) is 23.4 Å². The first-order valence-corrected chi connectivity index (χ1v) is 9.56. The summed E-state index contributed by atoms with van der Waals surface area (Å²) in [7, 11) is 1.61. The third-order valence-electron chi connectivity index (χ3n) is 4.23. The molecule has 0 atom stereocenters. The quantitative estimate of drug-likeness (QED) is 0.448. The molecule has 0 aliphatic rings. The Morgan fingerprint density at radius 1 is 1.14 bits per heavy atom. The number of rotatable bonds is 7. The van der Waals surface area contributed by atoms with Crippen molar-refractivity contribution in [3.05, 3.63) is 82.6 Å². The van der Waals surface area contributed by atoms with Crippen molar-refractivity contribution < 1.29 is 18.5 Å². The molecule has 0 aliphatic heterocycles. The van der Waals surface area contributed by atoms with E-state index in [0.29, 0.717) is 40.9 Å². The summed E-state index contributed by atoms with van der Waals surface area (Å²) in [5, 5.41) is 6.03. The van der Waals surface area contributed by atoms with E-state index >= 15 is 0 Å². The van der Waals surface area contributed by atoms with Crippen LogP contribution in [-0.4, -0.2) is 23.1 Å². The summed E-state index contributed by atoms with van der Waals surface area (Å²) in [6.07, 6.45) is 1.60. The molecule has 3 aromatic heterocycles. The maximum atomic E-state index is 12.9. The first-order chi connectivity index (χ1) is 13.7. The molecule has 0 radical (unpaired) electrons. The summed E-state index contributed by atoms with van der Waals surface area (Å²) < 4.78 is 16.3. The van der Waals surface area contributed by atoms with Gasteiger partial charge < -0.3 is 18.6 Å². The van der Waals surface area contributed by atoms with Crippen LogP contribution < -0.4 is 4.74 Å². The molecule has 4 rings (SSSR count). The van der Waals surface area contributed by atoms with Gasteiger partial charge in [-0.05, 0) is 35.7 Å². The van der Waals surface area contributed by atoms with E-state index in [9.17, 15) is 4.79 Å². The van der Waals surface area contributed by atoms with Crippen molar-refractivity contribution in [3.8, 4) is 17.1 Å². The number of hydrogen-bond donors (Lipinski definition) is 0. The predicted octanol–water partition coefficient (Wildman–Crippen LogP) is 4.85. The molecule has 1 aromatic carbocycles. The number of methoxy groups -OCH3 is 1. The molecule has 0 spiro atoms. The lowest BCUT2D eigenvalue weighted by Gasteiger charge is -2.19. The molecule has 28 heavy (non-hydrogen) atoms. The van der Waals surface area contributed by atoms with Crippen LogP contribution in [0.2, 0.25) is 0 Å². The summed E-state index contributed by atoms with van der Waals surface area (Å²) in [6, 6.07) is 16.7. The smallest absolute Gasteiger partial charge is 0.264 e. The molecule has 3 heterocycles. The molecular formula is C21H18N2O4S. The van der Waals surface area contributed by atoms with Gasteiger partial charge in [0, 0.05) is 6.07 Å². The molecule has 0 N–H and O–H groups in total. The van der Waals surface area contributed by atoms with E-state index in [1.54, 1.807) is 24.3 Å². The third kappa shape index (κ3) is 3.84.